The average Bonchev–Trinajstić information content (AvgIpc) is 3.95. The van der Waals surface area contributed by atoms with Gasteiger partial charge in [-0.2, -0.15) is 0 Å². The number of hydrogen-bond acceptors (Lipinski definition) is 6. The summed E-state index contributed by atoms with van der Waals surface area (Å²) in [5.41, 5.74) is 5.55. The van der Waals surface area contributed by atoms with Crippen LogP contribution >= 0.6 is 23.2 Å². The number of halogens is 2. The van der Waals surface area contributed by atoms with Gasteiger partial charge >= 0.3 is 5.97 Å². The van der Waals surface area contributed by atoms with Gasteiger partial charge in [-0.05, 0) is 87.8 Å². The van der Waals surface area contributed by atoms with Gasteiger partial charge in [-0.3, -0.25) is 9.97 Å². The minimum atomic E-state index is -0.901. The summed E-state index contributed by atoms with van der Waals surface area (Å²) in [5, 5.41) is 15.8. The number of hydrogen-bond donors (Lipinski definition) is 1. The van der Waals surface area contributed by atoms with Crippen molar-refractivity contribution in [1.82, 2.24) is 15.1 Å². The Morgan fingerprint density at radius 2 is 1.64 bits per heavy atom. The summed E-state index contributed by atoms with van der Waals surface area (Å²) in [7, 11) is 0. The summed E-state index contributed by atoms with van der Waals surface area (Å²) in [4.78, 5) is 21.3. The molecule has 9 rings (SSSR count). The van der Waals surface area contributed by atoms with Crippen molar-refractivity contribution in [2.75, 3.05) is 0 Å². The lowest BCUT2D eigenvalue weighted by Crippen LogP contribution is -2.50. The first-order valence-corrected chi connectivity index (χ1v) is 15.7. The Labute approximate surface area is 253 Å². The fourth-order valence-corrected chi connectivity index (χ4v) is 7.93. The van der Waals surface area contributed by atoms with Crippen molar-refractivity contribution in [3.8, 4) is 11.3 Å². The number of benzene rings is 1. The summed E-state index contributed by atoms with van der Waals surface area (Å²) < 4.78 is 12.7. The number of aromatic carboxylic acids is 1. The molecule has 2 bridgehead atoms. The maximum Gasteiger partial charge on any atom is 0.336 e. The molecule has 3 aromatic heterocycles. The van der Waals surface area contributed by atoms with Crippen LogP contribution in [0.4, 0.5) is 0 Å². The molecule has 5 saturated carbocycles. The molecule has 9 heteroatoms. The second-order valence-electron chi connectivity index (χ2n) is 12.8. The lowest BCUT2D eigenvalue weighted by atomic mass is 9.57. The Bertz CT molecular complexity index is 1700. The Morgan fingerprint density at radius 1 is 0.952 bits per heavy atom. The number of carbonyl (C=O) groups is 1. The highest BCUT2D eigenvalue weighted by atomic mass is 35.5. The van der Waals surface area contributed by atoms with E-state index in [9.17, 15) is 9.90 Å². The van der Waals surface area contributed by atoms with E-state index >= 15 is 0 Å². The molecule has 4 aromatic rings. The second kappa shape index (κ2) is 9.76. The summed E-state index contributed by atoms with van der Waals surface area (Å²) in [5.74, 6) is 0.850. The Hall–Kier alpha value is -3.00. The second-order valence-corrected chi connectivity index (χ2v) is 13.6. The van der Waals surface area contributed by atoms with Gasteiger partial charge in [-0.1, -0.05) is 40.5 Å². The van der Waals surface area contributed by atoms with Crippen LogP contribution in [0.15, 0.2) is 41.2 Å². The lowest BCUT2D eigenvalue weighted by Gasteiger charge is -2.53. The highest BCUT2D eigenvalue weighted by Crippen LogP contribution is 2.56. The van der Waals surface area contributed by atoms with Gasteiger partial charge < -0.3 is 14.4 Å². The number of carboxylic acids is 1. The number of carboxylic acid groups (broad SMARTS) is 1. The molecule has 0 spiro atoms. The summed E-state index contributed by atoms with van der Waals surface area (Å²) in [6.07, 6.45) is 13.5. The molecule has 1 aromatic carbocycles. The number of pyridine rings is 2. The fraction of sp³-hybridized carbons (Fsp3) is 0.455. The van der Waals surface area contributed by atoms with E-state index in [1.165, 1.54) is 5.56 Å². The molecule has 42 heavy (non-hydrogen) atoms. The molecule has 7 nitrogen and oxygen atoms in total. The first-order chi connectivity index (χ1) is 20.4. The standard InChI is InChI=1S/C33H31Cl2N3O4/c34-24-15-36-16-25(35)27(24)29-23(30(42-38-29)19-3-4-19)17-41-33-12-9-32(10-13-33,11-14-33)26-8-7-21-22(31(39)40)6-5-20(18-1-2-18)28(21)37-26/h5-8,15-16,18-19H,1-4,9-14,17H2,(H,39,40). The lowest BCUT2D eigenvalue weighted by molar-refractivity contribution is -0.127. The van der Waals surface area contributed by atoms with E-state index in [-0.39, 0.29) is 11.0 Å². The number of fused-ring (bicyclic) bond motifs is 4. The third-order valence-corrected chi connectivity index (χ3v) is 10.8. The zero-order valence-electron chi connectivity index (χ0n) is 23.2. The number of ether oxygens (including phenoxy) is 1. The van der Waals surface area contributed by atoms with Crippen LogP contribution in [0.25, 0.3) is 22.2 Å². The molecular weight excluding hydrogens is 573 g/mol. The molecule has 1 N–H and O–H groups in total. The fourth-order valence-electron chi connectivity index (χ4n) is 7.38. The van der Waals surface area contributed by atoms with Crippen LogP contribution < -0.4 is 0 Å². The molecule has 5 aliphatic rings. The van der Waals surface area contributed by atoms with E-state index < -0.39 is 5.97 Å². The smallest absolute Gasteiger partial charge is 0.336 e. The zero-order chi connectivity index (χ0) is 28.6. The van der Waals surface area contributed by atoms with E-state index in [4.69, 9.17) is 37.4 Å². The Kier molecular flexibility index (Phi) is 6.19. The summed E-state index contributed by atoms with van der Waals surface area (Å²) in [6.45, 7) is 0.406. The topological polar surface area (TPSA) is 98.3 Å². The van der Waals surface area contributed by atoms with Crippen LogP contribution in [-0.4, -0.2) is 31.8 Å². The van der Waals surface area contributed by atoms with Gasteiger partial charge in [0, 0.05) is 45.9 Å². The largest absolute Gasteiger partial charge is 0.478 e. The Morgan fingerprint density at radius 3 is 2.29 bits per heavy atom. The third kappa shape index (κ3) is 4.35. The monoisotopic (exact) mass is 603 g/mol. The van der Waals surface area contributed by atoms with Gasteiger partial charge in [0.25, 0.3) is 0 Å². The molecule has 0 radical (unpaired) electrons. The van der Waals surface area contributed by atoms with Crippen molar-refractivity contribution >= 4 is 40.1 Å². The van der Waals surface area contributed by atoms with Crippen molar-refractivity contribution < 1.29 is 19.2 Å². The van der Waals surface area contributed by atoms with Crippen LogP contribution in [0.2, 0.25) is 10.0 Å². The van der Waals surface area contributed by atoms with Gasteiger partial charge in [0.05, 0.1) is 33.3 Å². The van der Waals surface area contributed by atoms with Gasteiger partial charge in [0.1, 0.15) is 11.5 Å². The Balaban J connectivity index is 1.06. The van der Waals surface area contributed by atoms with Gasteiger partial charge in [-0.15, -0.1) is 0 Å². The molecule has 0 saturated heterocycles. The highest BCUT2D eigenvalue weighted by Gasteiger charge is 2.51. The van der Waals surface area contributed by atoms with Gasteiger partial charge in [0.2, 0.25) is 0 Å². The first-order valence-electron chi connectivity index (χ1n) is 15.0. The SMILES string of the molecule is O=C(O)c1ccc(C2CC2)c2nc(C34CCC(OCc5c(-c6c(Cl)cncc6Cl)noc5C5CC5)(CC3)CC4)ccc12. The maximum absolute atomic E-state index is 11.9. The maximum atomic E-state index is 11.9. The predicted molar refractivity (Wildman–Crippen MR) is 159 cm³/mol. The molecule has 3 heterocycles. The van der Waals surface area contributed by atoms with Gasteiger partial charge in [-0.25, -0.2) is 4.79 Å². The van der Waals surface area contributed by atoms with Crippen LogP contribution in [-0.2, 0) is 16.8 Å². The molecule has 0 aliphatic heterocycles. The van der Waals surface area contributed by atoms with Crippen molar-refractivity contribution in [2.45, 2.75) is 93.7 Å². The van der Waals surface area contributed by atoms with Crippen molar-refractivity contribution in [2.24, 2.45) is 0 Å². The molecule has 5 aliphatic carbocycles. The zero-order valence-corrected chi connectivity index (χ0v) is 24.7. The van der Waals surface area contributed by atoms with Crippen molar-refractivity contribution in [1.29, 1.82) is 0 Å². The number of rotatable bonds is 8. The van der Waals surface area contributed by atoms with Crippen molar-refractivity contribution in [3.05, 3.63) is 74.8 Å². The number of nitrogens with zero attached hydrogens (tertiary/aromatic N) is 3. The predicted octanol–water partition coefficient (Wildman–Crippen LogP) is 8.61. The quantitative estimate of drug-likeness (QED) is 0.215. The van der Waals surface area contributed by atoms with E-state index in [0.717, 1.165) is 92.1 Å². The molecule has 0 unspecified atom stereocenters. The minimum Gasteiger partial charge on any atom is -0.478 e. The van der Waals surface area contributed by atoms with Crippen LogP contribution in [0.5, 0.6) is 0 Å². The molecular formula is C33H31Cl2N3O4. The molecule has 0 atom stereocenters. The van der Waals surface area contributed by atoms with E-state index in [1.807, 2.05) is 12.1 Å². The molecule has 5 fully saturated rings. The normalized spacial score (nSPS) is 25.3. The average molecular weight is 605 g/mol. The van der Waals surface area contributed by atoms with Crippen LogP contribution in [0.3, 0.4) is 0 Å². The molecule has 216 valence electrons. The molecule has 0 amide bonds. The van der Waals surface area contributed by atoms with Crippen LogP contribution in [0, 0.1) is 0 Å². The number of aromatic nitrogens is 3. The summed E-state index contributed by atoms with van der Waals surface area (Å²) in [6, 6.07) is 7.81. The van der Waals surface area contributed by atoms with Crippen LogP contribution in [0.1, 0.15) is 109 Å². The highest BCUT2D eigenvalue weighted by molar-refractivity contribution is 6.38. The van der Waals surface area contributed by atoms with E-state index in [2.05, 4.69) is 16.2 Å². The minimum absolute atomic E-state index is 0.00102. The van der Waals surface area contributed by atoms with E-state index in [0.29, 0.717) is 45.3 Å². The van der Waals surface area contributed by atoms with E-state index in [1.54, 1.807) is 18.5 Å². The first kappa shape index (κ1) is 26.6. The van der Waals surface area contributed by atoms with Crippen molar-refractivity contribution in [3.63, 3.8) is 0 Å². The summed E-state index contributed by atoms with van der Waals surface area (Å²) >= 11 is 13.0. The van der Waals surface area contributed by atoms with Gasteiger partial charge in [0.15, 0.2) is 0 Å². The third-order valence-electron chi connectivity index (χ3n) is 10.2.